The first kappa shape index (κ1) is 20.0. The number of rotatable bonds is 5. The molecule has 0 aromatic heterocycles. The minimum absolute atomic E-state index is 0.0897. The zero-order chi connectivity index (χ0) is 20.1. The topological polar surface area (TPSA) is 67.9 Å². The average molecular weight is 403 g/mol. The Hall–Kier alpha value is -2.73. The highest BCUT2D eigenvalue weighted by Gasteiger charge is 2.29. The Morgan fingerprint density at radius 2 is 1.86 bits per heavy atom. The molecule has 1 fully saturated rings. The maximum absolute atomic E-state index is 12.8. The first-order chi connectivity index (χ1) is 13.5. The van der Waals surface area contributed by atoms with Gasteiger partial charge in [0.05, 0.1) is 25.8 Å². The third-order valence-corrected chi connectivity index (χ3v) is 5.09. The molecular formula is C21H23ClN2O4. The molecule has 1 unspecified atom stereocenters. The maximum atomic E-state index is 12.8. The highest BCUT2D eigenvalue weighted by Crippen LogP contribution is 2.30. The van der Waals surface area contributed by atoms with E-state index in [2.05, 4.69) is 5.32 Å². The molecule has 2 aromatic rings. The van der Waals surface area contributed by atoms with Crippen molar-refractivity contribution in [3.05, 3.63) is 53.1 Å². The molecule has 0 bridgehead atoms. The summed E-state index contributed by atoms with van der Waals surface area (Å²) in [5, 5.41) is 3.50. The number of carbonyl (C=O) groups excluding carboxylic acids is 2. The second-order valence-corrected chi connectivity index (χ2v) is 7.09. The predicted molar refractivity (Wildman–Crippen MR) is 108 cm³/mol. The molecule has 1 N–H and O–H groups in total. The molecule has 28 heavy (non-hydrogen) atoms. The molecule has 0 aliphatic carbocycles. The van der Waals surface area contributed by atoms with Crippen molar-refractivity contribution < 1.29 is 19.1 Å². The standard InChI is InChI=1S/C21H23ClN2O4/c1-27-17-9-10-19(28-2)18(12-17)23-20(25)15-4-3-11-24(13-15)21(26)14-5-7-16(22)8-6-14/h5-10,12,15H,3-4,11,13H2,1-2H3,(H,23,25). The lowest BCUT2D eigenvalue weighted by Crippen LogP contribution is -2.43. The summed E-state index contributed by atoms with van der Waals surface area (Å²) in [6.45, 7) is 1.01. The number of nitrogens with zero attached hydrogens (tertiary/aromatic N) is 1. The Morgan fingerprint density at radius 1 is 1.11 bits per heavy atom. The number of amides is 2. The van der Waals surface area contributed by atoms with Crippen molar-refractivity contribution in [2.75, 3.05) is 32.6 Å². The van der Waals surface area contributed by atoms with Gasteiger partial charge in [-0.2, -0.15) is 0 Å². The van der Waals surface area contributed by atoms with Crippen LogP contribution in [-0.2, 0) is 4.79 Å². The van der Waals surface area contributed by atoms with E-state index in [0.717, 1.165) is 12.8 Å². The van der Waals surface area contributed by atoms with E-state index >= 15 is 0 Å². The minimum Gasteiger partial charge on any atom is -0.497 e. The van der Waals surface area contributed by atoms with Crippen LogP contribution in [0.15, 0.2) is 42.5 Å². The number of likely N-dealkylation sites (tertiary alicyclic amines) is 1. The summed E-state index contributed by atoms with van der Waals surface area (Å²) < 4.78 is 10.5. The van der Waals surface area contributed by atoms with E-state index in [1.807, 2.05) is 0 Å². The number of halogens is 1. The summed E-state index contributed by atoms with van der Waals surface area (Å²) in [6.07, 6.45) is 1.50. The SMILES string of the molecule is COc1ccc(OC)c(NC(=O)C2CCCN(C(=O)c3ccc(Cl)cc3)C2)c1. The van der Waals surface area contributed by atoms with Crippen LogP contribution in [0.4, 0.5) is 5.69 Å². The summed E-state index contributed by atoms with van der Waals surface area (Å²) in [7, 11) is 3.11. The van der Waals surface area contributed by atoms with Crippen molar-refractivity contribution in [1.29, 1.82) is 0 Å². The number of hydrogen-bond acceptors (Lipinski definition) is 4. The highest BCUT2D eigenvalue weighted by atomic mass is 35.5. The fourth-order valence-corrected chi connectivity index (χ4v) is 3.42. The lowest BCUT2D eigenvalue weighted by molar-refractivity contribution is -0.121. The summed E-state index contributed by atoms with van der Waals surface area (Å²) in [4.78, 5) is 27.3. The van der Waals surface area contributed by atoms with Gasteiger partial charge < -0.3 is 19.7 Å². The Balaban J connectivity index is 1.69. The Bertz CT molecular complexity index is 854. The van der Waals surface area contributed by atoms with Crippen molar-refractivity contribution in [3.63, 3.8) is 0 Å². The first-order valence-corrected chi connectivity index (χ1v) is 9.47. The van der Waals surface area contributed by atoms with Gasteiger partial charge in [-0.05, 0) is 49.2 Å². The number of methoxy groups -OCH3 is 2. The molecule has 1 saturated heterocycles. The van der Waals surface area contributed by atoms with Crippen LogP contribution in [0.2, 0.25) is 5.02 Å². The fourth-order valence-electron chi connectivity index (χ4n) is 3.30. The van der Waals surface area contributed by atoms with Gasteiger partial charge in [0.25, 0.3) is 5.91 Å². The number of hydrogen-bond donors (Lipinski definition) is 1. The predicted octanol–water partition coefficient (Wildman–Crippen LogP) is 3.85. The Morgan fingerprint density at radius 3 is 2.54 bits per heavy atom. The van der Waals surface area contributed by atoms with Crippen LogP contribution in [0.25, 0.3) is 0 Å². The Labute approximate surface area is 169 Å². The van der Waals surface area contributed by atoms with E-state index in [4.69, 9.17) is 21.1 Å². The molecule has 0 radical (unpaired) electrons. The quantitative estimate of drug-likeness (QED) is 0.824. The van der Waals surface area contributed by atoms with Gasteiger partial charge in [0.1, 0.15) is 11.5 Å². The number of anilines is 1. The summed E-state index contributed by atoms with van der Waals surface area (Å²) in [5.74, 6) is 0.660. The third kappa shape index (κ3) is 4.57. The smallest absolute Gasteiger partial charge is 0.253 e. The molecule has 0 saturated carbocycles. The van der Waals surface area contributed by atoms with E-state index in [0.29, 0.717) is 40.9 Å². The number of nitrogens with one attached hydrogen (secondary N) is 1. The molecular weight excluding hydrogens is 380 g/mol. The van der Waals surface area contributed by atoms with Gasteiger partial charge in [0, 0.05) is 29.7 Å². The lowest BCUT2D eigenvalue weighted by atomic mass is 9.96. The molecule has 148 valence electrons. The van der Waals surface area contributed by atoms with Gasteiger partial charge in [0.2, 0.25) is 5.91 Å². The molecule has 1 atom stereocenters. The van der Waals surface area contributed by atoms with Crippen molar-refractivity contribution in [2.24, 2.45) is 5.92 Å². The molecule has 6 nitrogen and oxygen atoms in total. The van der Waals surface area contributed by atoms with Gasteiger partial charge in [-0.1, -0.05) is 11.6 Å². The Kier molecular flexibility index (Phi) is 6.41. The van der Waals surface area contributed by atoms with Gasteiger partial charge in [-0.25, -0.2) is 0 Å². The molecule has 1 heterocycles. The van der Waals surface area contributed by atoms with E-state index in [1.165, 1.54) is 0 Å². The van der Waals surface area contributed by atoms with Crippen LogP contribution >= 0.6 is 11.6 Å². The number of piperidine rings is 1. The monoisotopic (exact) mass is 402 g/mol. The van der Waals surface area contributed by atoms with Crippen molar-refractivity contribution >= 4 is 29.1 Å². The summed E-state index contributed by atoms with van der Waals surface area (Å²) in [5.41, 5.74) is 1.12. The number of ether oxygens (including phenoxy) is 2. The molecule has 2 aromatic carbocycles. The van der Waals surface area contributed by atoms with Crippen LogP contribution in [0.5, 0.6) is 11.5 Å². The van der Waals surface area contributed by atoms with Crippen LogP contribution in [0, 0.1) is 5.92 Å². The summed E-state index contributed by atoms with van der Waals surface area (Å²) in [6, 6.07) is 12.0. The highest BCUT2D eigenvalue weighted by molar-refractivity contribution is 6.30. The van der Waals surface area contributed by atoms with Crippen LogP contribution < -0.4 is 14.8 Å². The van der Waals surface area contributed by atoms with Gasteiger partial charge in [-0.3, -0.25) is 9.59 Å². The molecule has 1 aliphatic heterocycles. The van der Waals surface area contributed by atoms with E-state index in [9.17, 15) is 9.59 Å². The van der Waals surface area contributed by atoms with E-state index in [1.54, 1.807) is 61.6 Å². The summed E-state index contributed by atoms with van der Waals surface area (Å²) >= 11 is 5.89. The second kappa shape index (κ2) is 8.97. The molecule has 2 amide bonds. The number of carbonyl (C=O) groups is 2. The molecule has 0 spiro atoms. The average Bonchev–Trinajstić information content (AvgIpc) is 2.73. The van der Waals surface area contributed by atoms with Crippen molar-refractivity contribution in [2.45, 2.75) is 12.8 Å². The zero-order valence-electron chi connectivity index (χ0n) is 15.9. The molecule has 7 heteroatoms. The van der Waals surface area contributed by atoms with Crippen molar-refractivity contribution in [1.82, 2.24) is 4.90 Å². The second-order valence-electron chi connectivity index (χ2n) is 6.65. The van der Waals surface area contributed by atoms with Gasteiger partial charge in [0.15, 0.2) is 0 Å². The first-order valence-electron chi connectivity index (χ1n) is 9.09. The van der Waals surface area contributed by atoms with Crippen LogP contribution in [-0.4, -0.2) is 44.0 Å². The largest absolute Gasteiger partial charge is 0.497 e. The van der Waals surface area contributed by atoms with Gasteiger partial charge >= 0.3 is 0 Å². The maximum Gasteiger partial charge on any atom is 0.253 e. The zero-order valence-corrected chi connectivity index (χ0v) is 16.7. The van der Waals surface area contributed by atoms with E-state index in [-0.39, 0.29) is 17.7 Å². The normalized spacial score (nSPS) is 16.4. The van der Waals surface area contributed by atoms with Gasteiger partial charge in [-0.15, -0.1) is 0 Å². The fraction of sp³-hybridized carbons (Fsp3) is 0.333. The third-order valence-electron chi connectivity index (χ3n) is 4.84. The van der Waals surface area contributed by atoms with Crippen LogP contribution in [0.1, 0.15) is 23.2 Å². The molecule has 3 rings (SSSR count). The lowest BCUT2D eigenvalue weighted by Gasteiger charge is -2.32. The van der Waals surface area contributed by atoms with Crippen molar-refractivity contribution in [3.8, 4) is 11.5 Å². The number of benzene rings is 2. The minimum atomic E-state index is -0.291. The van der Waals surface area contributed by atoms with E-state index < -0.39 is 0 Å². The molecule has 1 aliphatic rings. The van der Waals surface area contributed by atoms with Crippen LogP contribution in [0.3, 0.4) is 0 Å².